The number of amides is 1. The highest BCUT2D eigenvalue weighted by Gasteiger charge is 2.17. The summed E-state index contributed by atoms with van der Waals surface area (Å²) >= 11 is 0. The van der Waals surface area contributed by atoms with Crippen LogP contribution in [0.3, 0.4) is 0 Å². The summed E-state index contributed by atoms with van der Waals surface area (Å²) in [6.07, 6.45) is 5.90. The van der Waals surface area contributed by atoms with Gasteiger partial charge in [-0.05, 0) is 32.4 Å². The third-order valence-electron chi connectivity index (χ3n) is 2.63. The fourth-order valence-electron chi connectivity index (χ4n) is 1.94. The summed E-state index contributed by atoms with van der Waals surface area (Å²) in [5.41, 5.74) is 4.17. The van der Waals surface area contributed by atoms with Crippen LogP contribution in [0.4, 0.5) is 0 Å². The Bertz CT molecular complexity index is 116. The minimum atomic E-state index is 0.250. The van der Waals surface area contributed by atoms with Crippen molar-refractivity contribution >= 4 is 6.41 Å². The lowest BCUT2D eigenvalue weighted by Crippen LogP contribution is -2.38. The third-order valence-corrected chi connectivity index (χ3v) is 2.63. The molecular weight excluding hydrogens is 164 g/mol. The summed E-state index contributed by atoms with van der Waals surface area (Å²) in [5, 5.41) is 0. The van der Waals surface area contributed by atoms with Gasteiger partial charge < -0.3 is 10.6 Å². The Balaban J connectivity index is 0.000000424. The molecule has 1 atom stereocenters. The molecule has 13 heavy (non-hydrogen) atoms. The highest BCUT2D eigenvalue weighted by molar-refractivity contribution is 5.42. The highest BCUT2D eigenvalue weighted by atomic mass is 16.1. The first-order valence-electron chi connectivity index (χ1n) is 5.19. The second-order valence-electron chi connectivity index (χ2n) is 3.32. The van der Waals surface area contributed by atoms with E-state index in [4.69, 9.17) is 4.79 Å². The molecule has 3 nitrogen and oxygen atoms in total. The van der Waals surface area contributed by atoms with Gasteiger partial charge in [-0.25, -0.2) is 0 Å². The van der Waals surface area contributed by atoms with E-state index in [2.05, 4.69) is 24.5 Å². The van der Waals surface area contributed by atoms with Crippen molar-refractivity contribution in [3.63, 3.8) is 0 Å². The SMILES string of the molecule is CCC1CCCCN1CC.NC=O. The van der Waals surface area contributed by atoms with Gasteiger partial charge in [0, 0.05) is 6.04 Å². The fraction of sp³-hybridized carbons (Fsp3) is 0.900. The lowest BCUT2D eigenvalue weighted by Gasteiger charge is -2.34. The molecule has 1 amide bonds. The van der Waals surface area contributed by atoms with Crippen molar-refractivity contribution in [1.82, 2.24) is 4.90 Å². The van der Waals surface area contributed by atoms with Crippen LogP contribution < -0.4 is 5.73 Å². The predicted octanol–water partition coefficient (Wildman–Crippen LogP) is 1.37. The van der Waals surface area contributed by atoms with E-state index in [1.165, 1.54) is 38.8 Å². The third kappa shape index (κ3) is 4.88. The molecule has 2 N–H and O–H groups in total. The van der Waals surface area contributed by atoms with Crippen LogP contribution in [0.25, 0.3) is 0 Å². The summed E-state index contributed by atoms with van der Waals surface area (Å²) in [7, 11) is 0. The lowest BCUT2D eigenvalue weighted by atomic mass is 10.0. The molecule has 1 fully saturated rings. The number of primary amides is 1. The van der Waals surface area contributed by atoms with Crippen LogP contribution in [0.1, 0.15) is 39.5 Å². The summed E-state index contributed by atoms with van der Waals surface area (Å²) in [6.45, 7) is 7.17. The number of carbonyl (C=O) groups is 1. The van der Waals surface area contributed by atoms with Crippen LogP contribution in [0.15, 0.2) is 0 Å². The Hall–Kier alpha value is -0.570. The van der Waals surface area contributed by atoms with Gasteiger partial charge in [0.15, 0.2) is 0 Å². The Morgan fingerprint density at radius 1 is 1.46 bits per heavy atom. The van der Waals surface area contributed by atoms with Gasteiger partial charge in [-0.15, -0.1) is 0 Å². The van der Waals surface area contributed by atoms with Crippen molar-refractivity contribution in [3.05, 3.63) is 0 Å². The zero-order valence-corrected chi connectivity index (χ0v) is 8.83. The summed E-state index contributed by atoms with van der Waals surface area (Å²) in [4.78, 5) is 11.2. The van der Waals surface area contributed by atoms with Gasteiger partial charge in [0.2, 0.25) is 6.41 Å². The minimum absolute atomic E-state index is 0.250. The van der Waals surface area contributed by atoms with Crippen molar-refractivity contribution in [2.45, 2.75) is 45.6 Å². The molecule has 0 aromatic rings. The molecule has 3 heteroatoms. The molecule has 78 valence electrons. The predicted molar refractivity (Wildman–Crippen MR) is 55.4 cm³/mol. The Labute approximate surface area is 81.3 Å². The van der Waals surface area contributed by atoms with Crippen LogP contribution in [-0.4, -0.2) is 30.4 Å². The zero-order valence-electron chi connectivity index (χ0n) is 8.83. The van der Waals surface area contributed by atoms with Gasteiger partial charge >= 0.3 is 0 Å². The molecule has 1 rings (SSSR count). The zero-order chi connectivity index (χ0) is 10.1. The largest absolute Gasteiger partial charge is 0.372 e. The number of carbonyl (C=O) groups excluding carboxylic acids is 1. The van der Waals surface area contributed by atoms with Crippen LogP contribution in [0.2, 0.25) is 0 Å². The van der Waals surface area contributed by atoms with E-state index in [9.17, 15) is 0 Å². The molecule has 1 saturated heterocycles. The van der Waals surface area contributed by atoms with Crippen molar-refractivity contribution in [3.8, 4) is 0 Å². The number of nitrogens with zero attached hydrogens (tertiary/aromatic N) is 1. The number of piperidine rings is 1. The number of hydrogen-bond donors (Lipinski definition) is 1. The van der Waals surface area contributed by atoms with E-state index < -0.39 is 0 Å². The van der Waals surface area contributed by atoms with E-state index in [-0.39, 0.29) is 6.41 Å². The van der Waals surface area contributed by atoms with E-state index in [0.717, 1.165) is 6.04 Å². The molecule has 1 aliphatic heterocycles. The number of likely N-dealkylation sites (tertiary alicyclic amines) is 1. The van der Waals surface area contributed by atoms with E-state index in [1.54, 1.807) is 0 Å². The molecule has 0 spiro atoms. The van der Waals surface area contributed by atoms with Crippen LogP contribution in [0, 0.1) is 0 Å². The molecule has 1 unspecified atom stereocenters. The molecule has 1 aliphatic rings. The summed E-state index contributed by atoms with van der Waals surface area (Å²) in [6, 6.07) is 0.902. The van der Waals surface area contributed by atoms with Gasteiger partial charge in [0.05, 0.1) is 0 Å². The molecule has 0 bridgehead atoms. The molecule has 0 saturated carbocycles. The smallest absolute Gasteiger partial charge is 0.204 e. The summed E-state index contributed by atoms with van der Waals surface area (Å²) in [5.74, 6) is 0. The second kappa shape index (κ2) is 8.05. The maximum absolute atomic E-state index is 8.58. The molecular formula is C10H22N2O. The first-order valence-corrected chi connectivity index (χ1v) is 5.19. The first-order chi connectivity index (χ1) is 6.29. The lowest BCUT2D eigenvalue weighted by molar-refractivity contribution is -0.106. The quantitative estimate of drug-likeness (QED) is 0.662. The summed E-state index contributed by atoms with van der Waals surface area (Å²) < 4.78 is 0. The Morgan fingerprint density at radius 3 is 2.46 bits per heavy atom. The normalized spacial score (nSPS) is 23.1. The Morgan fingerprint density at radius 2 is 2.08 bits per heavy atom. The maximum Gasteiger partial charge on any atom is 0.204 e. The molecule has 0 aromatic carbocycles. The fourth-order valence-corrected chi connectivity index (χ4v) is 1.94. The van der Waals surface area contributed by atoms with Crippen LogP contribution >= 0.6 is 0 Å². The molecule has 0 aromatic heterocycles. The monoisotopic (exact) mass is 186 g/mol. The van der Waals surface area contributed by atoms with Crippen molar-refractivity contribution in [1.29, 1.82) is 0 Å². The highest BCUT2D eigenvalue weighted by Crippen LogP contribution is 2.18. The van der Waals surface area contributed by atoms with E-state index >= 15 is 0 Å². The number of nitrogens with two attached hydrogens (primary N) is 1. The first kappa shape index (κ1) is 12.4. The van der Waals surface area contributed by atoms with Gasteiger partial charge in [-0.3, -0.25) is 4.79 Å². The number of rotatable bonds is 2. The van der Waals surface area contributed by atoms with E-state index in [1.807, 2.05) is 0 Å². The topological polar surface area (TPSA) is 46.3 Å². The average Bonchev–Trinajstić information content (AvgIpc) is 2.19. The van der Waals surface area contributed by atoms with Crippen molar-refractivity contribution in [2.75, 3.05) is 13.1 Å². The molecule has 0 aliphatic carbocycles. The van der Waals surface area contributed by atoms with Gasteiger partial charge in [-0.2, -0.15) is 0 Å². The molecule has 1 heterocycles. The van der Waals surface area contributed by atoms with Gasteiger partial charge in [0.25, 0.3) is 0 Å². The minimum Gasteiger partial charge on any atom is -0.372 e. The number of hydrogen-bond acceptors (Lipinski definition) is 2. The van der Waals surface area contributed by atoms with Crippen LogP contribution in [0.5, 0.6) is 0 Å². The molecule has 0 radical (unpaired) electrons. The van der Waals surface area contributed by atoms with Crippen molar-refractivity contribution < 1.29 is 4.79 Å². The van der Waals surface area contributed by atoms with Gasteiger partial charge in [-0.1, -0.05) is 20.3 Å². The van der Waals surface area contributed by atoms with Gasteiger partial charge in [0.1, 0.15) is 0 Å². The van der Waals surface area contributed by atoms with Crippen molar-refractivity contribution in [2.24, 2.45) is 5.73 Å². The van der Waals surface area contributed by atoms with E-state index in [0.29, 0.717) is 0 Å². The Kier molecular flexibility index (Phi) is 7.69. The van der Waals surface area contributed by atoms with Crippen LogP contribution in [-0.2, 0) is 4.79 Å². The standard InChI is InChI=1S/C9H19N.CH3NO/c1-3-9-7-5-6-8-10(9)4-2;2-1-3/h9H,3-8H2,1-2H3;1H,(H2,2,3). The average molecular weight is 186 g/mol. The maximum atomic E-state index is 8.58. The second-order valence-corrected chi connectivity index (χ2v) is 3.32.